The normalized spacial score (nSPS) is 14.4. The van der Waals surface area contributed by atoms with Crippen LogP contribution in [-0.4, -0.2) is 53.1 Å². The van der Waals surface area contributed by atoms with Gasteiger partial charge in [-0.15, -0.1) is 0 Å². The zero-order valence-electron chi connectivity index (χ0n) is 28.4. The van der Waals surface area contributed by atoms with Crippen molar-refractivity contribution in [2.45, 2.75) is 193 Å². The molecule has 0 saturated heterocycles. The molecular formula is C36H69NO6S. The maximum Gasteiger partial charge on any atom is 0.267 e. The van der Waals surface area contributed by atoms with Crippen molar-refractivity contribution in [3.63, 3.8) is 0 Å². The van der Waals surface area contributed by atoms with Crippen LogP contribution in [0.25, 0.3) is 0 Å². The summed E-state index contributed by atoms with van der Waals surface area (Å²) in [5, 5.41) is 23.2. The van der Waals surface area contributed by atoms with E-state index in [1.54, 1.807) is 6.08 Å². The van der Waals surface area contributed by atoms with E-state index < -0.39 is 40.0 Å². The maximum absolute atomic E-state index is 12.5. The molecular weight excluding hydrogens is 574 g/mol. The highest BCUT2D eigenvalue weighted by molar-refractivity contribution is 7.85. The number of carbonyl (C=O) groups is 1. The van der Waals surface area contributed by atoms with Crippen LogP contribution in [0.3, 0.4) is 0 Å². The molecule has 0 spiro atoms. The average molecular weight is 644 g/mol. The van der Waals surface area contributed by atoms with Crippen LogP contribution in [0.1, 0.15) is 174 Å². The third-order valence-electron chi connectivity index (χ3n) is 8.23. The Hall–Kier alpha value is -1.22. The molecule has 0 aliphatic carbocycles. The summed E-state index contributed by atoms with van der Waals surface area (Å²) >= 11 is 0. The number of nitrogens with one attached hydrogen (secondary N) is 1. The molecule has 0 radical (unpaired) electrons. The minimum absolute atomic E-state index is 0.259. The summed E-state index contributed by atoms with van der Waals surface area (Å²) in [6.45, 7) is 4.43. The van der Waals surface area contributed by atoms with E-state index in [4.69, 9.17) is 0 Å². The van der Waals surface area contributed by atoms with E-state index in [1.807, 2.05) is 0 Å². The van der Waals surface area contributed by atoms with E-state index in [2.05, 4.69) is 31.3 Å². The average Bonchev–Trinajstić information content (AvgIpc) is 2.98. The first-order valence-corrected chi connectivity index (χ1v) is 19.8. The van der Waals surface area contributed by atoms with Crippen molar-refractivity contribution >= 4 is 16.0 Å². The molecule has 0 fully saturated rings. The summed E-state index contributed by atoms with van der Waals surface area (Å²) in [4.78, 5) is 12.5. The zero-order valence-corrected chi connectivity index (χ0v) is 29.2. The predicted octanol–water partition coefficient (Wildman–Crippen LogP) is 8.99. The second-order valence-electron chi connectivity index (χ2n) is 12.6. The topological polar surface area (TPSA) is 124 Å². The second-order valence-corrected chi connectivity index (χ2v) is 14.1. The van der Waals surface area contributed by atoms with Crippen LogP contribution in [0.2, 0.25) is 0 Å². The van der Waals surface area contributed by atoms with Crippen molar-refractivity contribution in [1.29, 1.82) is 0 Å². The number of hydrogen-bond donors (Lipinski definition) is 4. The van der Waals surface area contributed by atoms with Gasteiger partial charge in [-0.05, 0) is 38.5 Å². The highest BCUT2D eigenvalue weighted by Gasteiger charge is 2.27. The van der Waals surface area contributed by atoms with Crippen LogP contribution in [0.15, 0.2) is 24.3 Å². The number of rotatable bonds is 32. The van der Waals surface area contributed by atoms with Crippen molar-refractivity contribution in [1.82, 2.24) is 5.32 Å². The fraction of sp³-hybridized carbons (Fsp3) is 0.861. The smallest absolute Gasteiger partial charge is 0.267 e. The first-order chi connectivity index (χ1) is 21.2. The van der Waals surface area contributed by atoms with Crippen LogP contribution in [0.5, 0.6) is 0 Å². The summed E-state index contributed by atoms with van der Waals surface area (Å²) < 4.78 is 32.3. The molecule has 0 saturated carbocycles. The number of aliphatic hydroxyl groups is 2. The first kappa shape index (κ1) is 42.8. The van der Waals surface area contributed by atoms with Gasteiger partial charge in [-0.3, -0.25) is 9.35 Å². The zero-order chi connectivity index (χ0) is 32.7. The number of allylic oxidation sites excluding steroid dienone is 3. The quantitative estimate of drug-likeness (QED) is 0.0329. The highest BCUT2D eigenvalue weighted by atomic mass is 32.2. The molecule has 260 valence electrons. The molecule has 3 atom stereocenters. The lowest BCUT2D eigenvalue weighted by Crippen LogP contribution is -2.50. The van der Waals surface area contributed by atoms with E-state index in [0.717, 1.165) is 44.9 Å². The Kier molecular flexibility index (Phi) is 29.6. The van der Waals surface area contributed by atoms with Gasteiger partial charge in [0.15, 0.2) is 0 Å². The highest BCUT2D eigenvalue weighted by Crippen LogP contribution is 2.14. The molecule has 4 N–H and O–H groups in total. The number of carbonyl (C=O) groups excluding carboxylic acids is 1. The minimum Gasteiger partial charge on any atom is -0.387 e. The van der Waals surface area contributed by atoms with Gasteiger partial charge in [0.05, 0.1) is 17.9 Å². The number of hydrogen-bond acceptors (Lipinski definition) is 5. The summed E-state index contributed by atoms with van der Waals surface area (Å²) in [6.07, 6.45) is 33.9. The van der Waals surface area contributed by atoms with E-state index in [1.165, 1.54) is 109 Å². The number of aliphatic hydroxyl groups excluding tert-OH is 2. The Morgan fingerprint density at radius 3 is 1.50 bits per heavy atom. The number of unbranched alkanes of at least 4 members (excludes halogenated alkanes) is 21. The third kappa shape index (κ3) is 29.5. The molecule has 1 amide bonds. The van der Waals surface area contributed by atoms with E-state index in [0.29, 0.717) is 6.42 Å². The van der Waals surface area contributed by atoms with Gasteiger partial charge in [-0.2, -0.15) is 8.42 Å². The Morgan fingerprint density at radius 2 is 1.02 bits per heavy atom. The molecule has 44 heavy (non-hydrogen) atoms. The Labute approximate surface area is 271 Å². The summed E-state index contributed by atoms with van der Waals surface area (Å²) in [5.41, 5.74) is 0. The molecule has 0 aromatic heterocycles. The lowest BCUT2D eigenvalue weighted by molar-refractivity contribution is -0.130. The second kappa shape index (κ2) is 30.4. The largest absolute Gasteiger partial charge is 0.387 e. The minimum atomic E-state index is -4.44. The van der Waals surface area contributed by atoms with Crippen molar-refractivity contribution in [2.24, 2.45) is 0 Å². The fourth-order valence-corrected chi connectivity index (χ4v) is 6.11. The Morgan fingerprint density at radius 1 is 0.614 bits per heavy atom. The maximum atomic E-state index is 12.5. The van der Waals surface area contributed by atoms with Crippen LogP contribution >= 0.6 is 0 Å². The van der Waals surface area contributed by atoms with Gasteiger partial charge in [-0.1, -0.05) is 160 Å². The van der Waals surface area contributed by atoms with Crippen LogP contribution in [0, 0.1) is 0 Å². The molecule has 0 aliphatic heterocycles. The number of amides is 1. The summed E-state index contributed by atoms with van der Waals surface area (Å²) in [6, 6.07) is -1.23. The molecule has 0 bridgehead atoms. The van der Waals surface area contributed by atoms with Crippen LogP contribution < -0.4 is 5.32 Å². The van der Waals surface area contributed by atoms with Gasteiger partial charge < -0.3 is 15.5 Å². The molecule has 8 heteroatoms. The molecule has 0 rings (SSSR count). The van der Waals surface area contributed by atoms with Gasteiger partial charge in [0.25, 0.3) is 10.1 Å². The SMILES string of the molecule is CCCC/C=C\CCCCCC(O)C(=O)NC(CS(=O)(=O)O)C(O)/C=C/CCCCCCCCCCCCCCCCCC. The van der Waals surface area contributed by atoms with Gasteiger partial charge in [0.1, 0.15) is 6.10 Å². The monoisotopic (exact) mass is 643 g/mol. The molecule has 0 aromatic carbocycles. The fourth-order valence-electron chi connectivity index (χ4n) is 5.38. The standard InChI is InChI=1S/C36H69NO6S/c1-3-5-7-9-11-13-14-15-16-17-18-19-20-21-23-24-26-28-30-34(38)33(32-44(41,42)43)37-36(40)35(39)31-29-27-25-22-12-10-8-6-4-2/h10,12,28,30,33-35,38-39H,3-9,11,13-27,29,31-32H2,1-2H3,(H,37,40)(H,41,42,43)/b12-10-,30-28+. The lowest BCUT2D eigenvalue weighted by atomic mass is 10.0. The van der Waals surface area contributed by atoms with E-state index in [-0.39, 0.29) is 6.42 Å². The van der Waals surface area contributed by atoms with Gasteiger partial charge in [-0.25, -0.2) is 0 Å². The van der Waals surface area contributed by atoms with Gasteiger partial charge in [0.2, 0.25) is 5.91 Å². The summed E-state index contributed by atoms with van der Waals surface area (Å²) in [5.74, 6) is -1.55. The van der Waals surface area contributed by atoms with Crippen molar-refractivity contribution in [3.8, 4) is 0 Å². The predicted molar refractivity (Wildman–Crippen MR) is 185 cm³/mol. The van der Waals surface area contributed by atoms with Crippen molar-refractivity contribution in [2.75, 3.05) is 5.75 Å². The molecule has 0 heterocycles. The van der Waals surface area contributed by atoms with E-state index >= 15 is 0 Å². The first-order valence-electron chi connectivity index (χ1n) is 18.1. The molecule has 0 aromatic rings. The third-order valence-corrected chi connectivity index (χ3v) is 9.01. The van der Waals surface area contributed by atoms with Gasteiger partial charge >= 0.3 is 0 Å². The molecule has 0 aliphatic rings. The van der Waals surface area contributed by atoms with Crippen LogP contribution in [-0.2, 0) is 14.9 Å². The van der Waals surface area contributed by atoms with Crippen molar-refractivity contribution < 1.29 is 28.0 Å². The van der Waals surface area contributed by atoms with Gasteiger partial charge in [0, 0.05) is 0 Å². The van der Waals surface area contributed by atoms with Crippen molar-refractivity contribution in [3.05, 3.63) is 24.3 Å². The molecule has 3 unspecified atom stereocenters. The summed E-state index contributed by atoms with van der Waals surface area (Å²) in [7, 11) is -4.44. The Balaban J connectivity index is 4.08. The van der Waals surface area contributed by atoms with E-state index in [9.17, 15) is 28.0 Å². The Bertz CT molecular complexity index is 813. The molecule has 7 nitrogen and oxygen atoms in total. The lowest BCUT2D eigenvalue weighted by Gasteiger charge is -2.22. The van der Waals surface area contributed by atoms with Crippen LogP contribution in [0.4, 0.5) is 0 Å².